The van der Waals surface area contributed by atoms with Crippen molar-refractivity contribution in [3.8, 4) is 0 Å². The van der Waals surface area contributed by atoms with Crippen LogP contribution in [0.3, 0.4) is 0 Å². The number of aliphatic hydroxyl groups is 1. The predicted octanol–water partition coefficient (Wildman–Crippen LogP) is 0.0762. The van der Waals surface area contributed by atoms with Gasteiger partial charge >= 0.3 is 5.97 Å². The van der Waals surface area contributed by atoms with E-state index in [0.717, 1.165) is 11.0 Å². The summed E-state index contributed by atoms with van der Waals surface area (Å²) in [5, 5.41) is 29.4. The smallest absolute Gasteiger partial charge is 0.326 e. The molecule has 21 heavy (non-hydrogen) atoms. The van der Waals surface area contributed by atoms with Gasteiger partial charge in [0.25, 0.3) is 11.6 Å². The molecule has 2 atom stereocenters. The minimum Gasteiger partial charge on any atom is -0.480 e. The number of rotatable bonds is 4. The summed E-state index contributed by atoms with van der Waals surface area (Å²) in [6.45, 7) is 1.95. The second-order valence-corrected chi connectivity index (χ2v) is 4.83. The maximum atomic E-state index is 12.4. The van der Waals surface area contributed by atoms with E-state index >= 15 is 0 Å². The second-order valence-electron chi connectivity index (χ2n) is 4.83. The minimum atomic E-state index is -1.20. The monoisotopic (exact) mass is 297 g/mol. The molecule has 9 heteroatoms. The molecule has 114 valence electrons. The van der Waals surface area contributed by atoms with E-state index < -0.39 is 28.9 Å². The zero-order chi connectivity index (χ0) is 15.7. The Bertz CT molecular complexity index is 596. The Morgan fingerprint density at radius 1 is 1.52 bits per heavy atom. The Morgan fingerprint density at radius 2 is 2.19 bits per heavy atom. The predicted molar refractivity (Wildman–Crippen MR) is 69.8 cm³/mol. The molecule has 0 aliphatic carbocycles. The van der Waals surface area contributed by atoms with E-state index in [2.05, 4.69) is 0 Å². The van der Waals surface area contributed by atoms with Crippen LogP contribution in [0.15, 0.2) is 12.3 Å². The zero-order valence-electron chi connectivity index (χ0n) is 11.3. The Morgan fingerprint density at radius 3 is 2.71 bits per heavy atom. The van der Waals surface area contributed by atoms with Crippen molar-refractivity contribution < 1.29 is 24.7 Å². The van der Waals surface area contributed by atoms with Gasteiger partial charge in [0.15, 0.2) is 0 Å². The molecule has 2 heterocycles. The number of likely N-dealkylation sites (tertiary alicyclic amines) is 1. The molecule has 0 aromatic carbocycles. The summed E-state index contributed by atoms with van der Waals surface area (Å²) >= 11 is 0. The first-order valence-electron chi connectivity index (χ1n) is 6.41. The summed E-state index contributed by atoms with van der Waals surface area (Å²) in [6, 6.07) is 0.00174. The number of carbonyl (C=O) groups is 2. The fourth-order valence-electron chi connectivity index (χ4n) is 2.46. The highest BCUT2D eigenvalue weighted by Gasteiger charge is 2.40. The highest BCUT2D eigenvalue weighted by atomic mass is 16.6. The molecular weight excluding hydrogens is 282 g/mol. The molecule has 0 bridgehead atoms. The van der Waals surface area contributed by atoms with Gasteiger partial charge in [-0.3, -0.25) is 14.9 Å². The van der Waals surface area contributed by atoms with Crippen LogP contribution in [0.5, 0.6) is 0 Å². The number of β-amino-alcohol motifs (C(OH)–C–C–N with tert-alkyl or cyclic N) is 1. The first-order chi connectivity index (χ1) is 9.85. The molecule has 1 aromatic heterocycles. The van der Waals surface area contributed by atoms with Crippen LogP contribution < -0.4 is 0 Å². The average molecular weight is 297 g/mol. The standard InChI is InChI=1S/C12H15N3O6/c1-2-13-5-7(15(20)21)3-9(13)11(17)14-6-8(16)4-10(14)12(18)19/h3,5,8,10,16H,2,4,6H2,1H3,(H,18,19)/t8-,10+/m1/s1. The summed E-state index contributed by atoms with van der Waals surface area (Å²) in [7, 11) is 0. The summed E-state index contributed by atoms with van der Waals surface area (Å²) in [6.07, 6.45) is 0.279. The van der Waals surface area contributed by atoms with Crippen LogP contribution >= 0.6 is 0 Å². The van der Waals surface area contributed by atoms with Crippen LogP contribution in [0.4, 0.5) is 5.69 Å². The van der Waals surface area contributed by atoms with E-state index in [9.17, 15) is 24.8 Å². The van der Waals surface area contributed by atoms with Gasteiger partial charge in [-0.05, 0) is 6.92 Å². The van der Waals surface area contributed by atoms with Crippen molar-refractivity contribution >= 4 is 17.6 Å². The number of carbonyl (C=O) groups excluding carboxylic acids is 1. The largest absolute Gasteiger partial charge is 0.480 e. The third kappa shape index (κ3) is 2.72. The van der Waals surface area contributed by atoms with Crippen molar-refractivity contribution in [2.75, 3.05) is 6.54 Å². The third-order valence-corrected chi connectivity index (χ3v) is 3.48. The highest BCUT2D eigenvalue weighted by Crippen LogP contribution is 2.24. The van der Waals surface area contributed by atoms with Crippen molar-refractivity contribution in [2.45, 2.75) is 32.0 Å². The van der Waals surface area contributed by atoms with E-state index in [0.29, 0.717) is 6.54 Å². The molecule has 1 amide bonds. The minimum absolute atomic E-state index is 0.0456. The SMILES string of the molecule is CCn1cc([N+](=O)[O-])cc1C(=O)N1C[C@H](O)C[C@H]1C(=O)O. The van der Waals surface area contributed by atoms with Crippen molar-refractivity contribution in [3.05, 3.63) is 28.1 Å². The van der Waals surface area contributed by atoms with Gasteiger partial charge in [0.1, 0.15) is 11.7 Å². The molecule has 1 saturated heterocycles. The van der Waals surface area contributed by atoms with E-state index in [1.165, 1.54) is 10.8 Å². The maximum Gasteiger partial charge on any atom is 0.326 e. The Labute approximate surface area is 119 Å². The Hall–Kier alpha value is -2.42. The number of nitrogens with zero attached hydrogens (tertiary/aromatic N) is 3. The van der Waals surface area contributed by atoms with E-state index in [4.69, 9.17) is 5.11 Å². The number of aliphatic carboxylic acids is 1. The van der Waals surface area contributed by atoms with Crippen LogP contribution in [-0.4, -0.2) is 55.2 Å². The van der Waals surface area contributed by atoms with Crippen molar-refractivity contribution in [1.29, 1.82) is 0 Å². The molecule has 9 nitrogen and oxygen atoms in total. The fraction of sp³-hybridized carbons (Fsp3) is 0.500. The molecule has 1 aromatic rings. The van der Waals surface area contributed by atoms with Crippen LogP contribution in [0, 0.1) is 10.1 Å². The molecule has 2 rings (SSSR count). The first-order valence-corrected chi connectivity index (χ1v) is 6.41. The normalized spacial score (nSPS) is 21.5. The topological polar surface area (TPSA) is 126 Å². The Balaban J connectivity index is 2.35. The number of aromatic nitrogens is 1. The van der Waals surface area contributed by atoms with E-state index in [1.807, 2.05) is 0 Å². The number of aryl methyl sites for hydroxylation is 1. The Kier molecular flexibility index (Phi) is 3.94. The first kappa shape index (κ1) is 15.0. The van der Waals surface area contributed by atoms with Crippen molar-refractivity contribution in [2.24, 2.45) is 0 Å². The summed E-state index contributed by atoms with van der Waals surface area (Å²) in [5.74, 6) is -1.84. The molecule has 0 radical (unpaired) electrons. The number of aliphatic hydroxyl groups excluding tert-OH is 1. The van der Waals surface area contributed by atoms with Gasteiger partial charge in [0.2, 0.25) is 0 Å². The number of amides is 1. The van der Waals surface area contributed by atoms with Crippen LogP contribution in [0.2, 0.25) is 0 Å². The van der Waals surface area contributed by atoms with Crippen LogP contribution in [0.1, 0.15) is 23.8 Å². The molecular formula is C12H15N3O6. The van der Waals surface area contributed by atoms with Gasteiger partial charge in [-0.15, -0.1) is 0 Å². The van der Waals surface area contributed by atoms with Gasteiger partial charge < -0.3 is 19.7 Å². The van der Waals surface area contributed by atoms with Crippen molar-refractivity contribution in [3.63, 3.8) is 0 Å². The van der Waals surface area contributed by atoms with Gasteiger partial charge in [-0.1, -0.05) is 0 Å². The van der Waals surface area contributed by atoms with Crippen molar-refractivity contribution in [1.82, 2.24) is 9.47 Å². The van der Waals surface area contributed by atoms with Gasteiger partial charge in [-0.25, -0.2) is 4.79 Å². The molecule has 0 saturated carbocycles. The van der Waals surface area contributed by atoms with Gasteiger partial charge in [0, 0.05) is 25.6 Å². The zero-order valence-corrected chi connectivity index (χ0v) is 11.3. The third-order valence-electron chi connectivity index (χ3n) is 3.48. The van der Waals surface area contributed by atoms with Gasteiger partial charge in [0.05, 0.1) is 17.2 Å². The van der Waals surface area contributed by atoms with Gasteiger partial charge in [-0.2, -0.15) is 0 Å². The summed E-state index contributed by atoms with van der Waals surface area (Å²) < 4.78 is 1.39. The molecule has 1 aliphatic heterocycles. The number of hydrogen-bond donors (Lipinski definition) is 2. The number of nitro groups is 1. The molecule has 0 spiro atoms. The molecule has 0 unspecified atom stereocenters. The lowest BCUT2D eigenvalue weighted by molar-refractivity contribution is -0.384. The van der Waals surface area contributed by atoms with E-state index in [-0.39, 0.29) is 24.3 Å². The number of carboxylic acids is 1. The quantitative estimate of drug-likeness (QED) is 0.598. The fourth-order valence-corrected chi connectivity index (χ4v) is 2.46. The summed E-state index contributed by atoms with van der Waals surface area (Å²) in [5.41, 5.74) is -0.184. The lowest BCUT2D eigenvalue weighted by atomic mass is 10.2. The van der Waals surface area contributed by atoms with E-state index in [1.54, 1.807) is 6.92 Å². The maximum absolute atomic E-state index is 12.4. The molecule has 1 fully saturated rings. The number of carboxylic acid groups (broad SMARTS) is 1. The molecule has 2 N–H and O–H groups in total. The molecule has 1 aliphatic rings. The summed E-state index contributed by atoms with van der Waals surface area (Å²) in [4.78, 5) is 34.8. The average Bonchev–Trinajstić information content (AvgIpc) is 3.01. The second kappa shape index (κ2) is 5.52. The van der Waals surface area contributed by atoms with Crippen LogP contribution in [0.25, 0.3) is 0 Å². The lowest BCUT2D eigenvalue weighted by Crippen LogP contribution is -2.41. The highest BCUT2D eigenvalue weighted by molar-refractivity contribution is 5.96. The van der Waals surface area contributed by atoms with Crippen LogP contribution in [-0.2, 0) is 11.3 Å². The lowest BCUT2D eigenvalue weighted by Gasteiger charge is -2.21. The number of hydrogen-bond acceptors (Lipinski definition) is 5.